The van der Waals surface area contributed by atoms with Crippen LogP contribution in [0, 0.1) is 6.92 Å². The lowest BCUT2D eigenvalue weighted by atomic mass is 10.2. The molecular weight excluding hydrogens is 268 g/mol. The summed E-state index contributed by atoms with van der Waals surface area (Å²) in [4.78, 5) is 30.3. The molecule has 9 heteroatoms. The molecule has 2 amide bonds. The van der Waals surface area contributed by atoms with Crippen molar-refractivity contribution in [2.75, 3.05) is 12.4 Å². The molecule has 1 aromatic rings. The summed E-state index contributed by atoms with van der Waals surface area (Å²) >= 11 is 0. The van der Waals surface area contributed by atoms with Crippen LogP contribution in [-0.2, 0) is 4.79 Å². The number of amides is 2. The summed E-state index contributed by atoms with van der Waals surface area (Å²) in [6.07, 6.45) is -1.24. The number of nitrogens with one attached hydrogen (secondary N) is 2. The summed E-state index contributed by atoms with van der Waals surface area (Å²) in [7, 11) is 1.42. The molecular formula is C11H16N4O5. The fourth-order valence-corrected chi connectivity index (χ4v) is 1.37. The standard InChI is InChI=1S/C11H16N4O5/c1-5-4-7(20-3)13-10(12-5)15-11(19)14-8(6(2)16)9(17)18/h4,6,8,16H,1-3H3,(H,17,18)(H2,12,13,14,15,19). The van der Waals surface area contributed by atoms with Gasteiger partial charge in [0.15, 0.2) is 6.04 Å². The number of anilines is 1. The Labute approximate surface area is 115 Å². The normalized spacial score (nSPS) is 13.2. The van der Waals surface area contributed by atoms with Crippen LogP contribution in [0.5, 0.6) is 5.88 Å². The van der Waals surface area contributed by atoms with Crippen LogP contribution in [0.1, 0.15) is 12.6 Å². The third kappa shape index (κ3) is 4.35. The molecule has 0 aliphatic heterocycles. The second-order valence-corrected chi connectivity index (χ2v) is 4.03. The number of methoxy groups -OCH3 is 1. The Hall–Kier alpha value is -2.42. The highest BCUT2D eigenvalue weighted by Gasteiger charge is 2.25. The summed E-state index contributed by atoms with van der Waals surface area (Å²) in [5.74, 6) is -1.12. The first-order valence-electron chi connectivity index (χ1n) is 5.71. The van der Waals surface area contributed by atoms with Gasteiger partial charge in [-0.1, -0.05) is 0 Å². The molecule has 0 saturated heterocycles. The van der Waals surface area contributed by atoms with Crippen molar-refractivity contribution in [3.63, 3.8) is 0 Å². The molecule has 1 heterocycles. The van der Waals surface area contributed by atoms with E-state index in [0.717, 1.165) is 0 Å². The van der Waals surface area contributed by atoms with Crippen molar-refractivity contribution < 1.29 is 24.5 Å². The topological polar surface area (TPSA) is 134 Å². The third-order valence-corrected chi connectivity index (χ3v) is 2.30. The third-order valence-electron chi connectivity index (χ3n) is 2.30. The average molecular weight is 284 g/mol. The highest BCUT2D eigenvalue weighted by Crippen LogP contribution is 2.11. The zero-order valence-electron chi connectivity index (χ0n) is 11.2. The number of carbonyl (C=O) groups is 2. The molecule has 0 radical (unpaired) electrons. The number of aliphatic carboxylic acids is 1. The van der Waals surface area contributed by atoms with E-state index in [4.69, 9.17) is 9.84 Å². The zero-order valence-corrected chi connectivity index (χ0v) is 11.2. The van der Waals surface area contributed by atoms with E-state index in [1.807, 2.05) is 0 Å². The number of hydrogen-bond acceptors (Lipinski definition) is 6. The predicted molar refractivity (Wildman–Crippen MR) is 68.6 cm³/mol. The van der Waals surface area contributed by atoms with Crippen LogP contribution in [0.4, 0.5) is 10.7 Å². The number of aliphatic hydroxyl groups excluding tert-OH is 1. The van der Waals surface area contributed by atoms with Gasteiger partial charge < -0.3 is 20.3 Å². The molecule has 0 aliphatic rings. The molecule has 4 N–H and O–H groups in total. The number of urea groups is 1. The van der Waals surface area contributed by atoms with Gasteiger partial charge in [0.25, 0.3) is 0 Å². The first-order valence-corrected chi connectivity index (χ1v) is 5.71. The number of rotatable bonds is 5. The molecule has 20 heavy (non-hydrogen) atoms. The number of hydrogen-bond donors (Lipinski definition) is 4. The number of aromatic nitrogens is 2. The lowest BCUT2D eigenvalue weighted by Crippen LogP contribution is -2.49. The van der Waals surface area contributed by atoms with E-state index in [1.165, 1.54) is 14.0 Å². The minimum atomic E-state index is -1.43. The summed E-state index contributed by atoms with van der Waals surface area (Å²) in [5, 5.41) is 22.5. The van der Waals surface area contributed by atoms with Gasteiger partial charge in [-0.3, -0.25) is 5.32 Å². The second-order valence-electron chi connectivity index (χ2n) is 4.03. The predicted octanol–water partition coefficient (Wildman–Crippen LogP) is -0.251. The van der Waals surface area contributed by atoms with E-state index >= 15 is 0 Å². The van der Waals surface area contributed by atoms with Crippen molar-refractivity contribution >= 4 is 17.9 Å². The zero-order chi connectivity index (χ0) is 15.3. The van der Waals surface area contributed by atoms with Crippen LogP contribution in [0.15, 0.2) is 6.07 Å². The number of carboxylic acid groups (broad SMARTS) is 1. The van der Waals surface area contributed by atoms with Gasteiger partial charge in [0.1, 0.15) is 0 Å². The molecule has 0 saturated carbocycles. The van der Waals surface area contributed by atoms with Gasteiger partial charge in [0, 0.05) is 11.8 Å². The second kappa shape index (κ2) is 6.66. The van der Waals surface area contributed by atoms with E-state index in [9.17, 15) is 14.7 Å². The maximum absolute atomic E-state index is 11.6. The first-order chi connectivity index (χ1) is 9.33. The smallest absolute Gasteiger partial charge is 0.328 e. The Bertz CT molecular complexity index is 506. The maximum Gasteiger partial charge on any atom is 0.328 e. The molecule has 0 bridgehead atoms. The SMILES string of the molecule is COc1cc(C)nc(NC(=O)NC(C(=O)O)C(C)O)n1. The lowest BCUT2D eigenvalue weighted by molar-refractivity contribution is -0.141. The van der Waals surface area contributed by atoms with Crippen molar-refractivity contribution in [1.29, 1.82) is 0 Å². The van der Waals surface area contributed by atoms with E-state index in [1.54, 1.807) is 13.0 Å². The van der Waals surface area contributed by atoms with Gasteiger partial charge in [-0.05, 0) is 13.8 Å². The number of ether oxygens (including phenoxy) is 1. The minimum absolute atomic E-state index is 0.0333. The van der Waals surface area contributed by atoms with E-state index in [0.29, 0.717) is 5.69 Å². The number of aryl methyl sites for hydroxylation is 1. The van der Waals surface area contributed by atoms with E-state index in [-0.39, 0.29) is 11.8 Å². The number of carboxylic acids is 1. The summed E-state index contributed by atoms with van der Waals surface area (Å²) in [6.45, 7) is 2.94. The Morgan fingerprint density at radius 2 is 2.05 bits per heavy atom. The average Bonchev–Trinajstić information content (AvgIpc) is 2.34. The summed E-state index contributed by atoms with van der Waals surface area (Å²) in [5.41, 5.74) is 0.567. The van der Waals surface area contributed by atoms with Crippen molar-refractivity contribution in [1.82, 2.24) is 15.3 Å². The van der Waals surface area contributed by atoms with Crippen molar-refractivity contribution in [3.05, 3.63) is 11.8 Å². The molecule has 0 aliphatic carbocycles. The van der Waals surface area contributed by atoms with Crippen molar-refractivity contribution in [2.45, 2.75) is 26.0 Å². The highest BCUT2D eigenvalue weighted by atomic mass is 16.5. The quantitative estimate of drug-likeness (QED) is 0.585. The Morgan fingerprint density at radius 3 is 2.55 bits per heavy atom. The highest BCUT2D eigenvalue weighted by molar-refractivity contribution is 5.91. The van der Waals surface area contributed by atoms with Crippen LogP contribution in [0.3, 0.4) is 0 Å². The minimum Gasteiger partial charge on any atom is -0.481 e. The molecule has 0 fully saturated rings. The van der Waals surface area contributed by atoms with Gasteiger partial charge in [-0.2, -0.15) is 4.98 Å². The molecule has 1 rings (SSSR count). The summed E-state index contributed by atoms with van der Waals surface area (Å²) < 4.78 is 4.92. The lowest BCUT2D eigenvalue weighted by Gasteiger charge is -2.17. The monoisotopic (exact) mass is 284 g/mol. The van der Waals surface area contributed by atoms with Gasteiger partial charge in [0.2, 0.25) is 11.8 Å². The fraction of sp³-hybridized carbons (Fsp3) is 0.455. The molecule has 2 unspecified atom stereocenters. The molecule has 0 spiro atoms. The number of aliphatic hydroxyl groups is 1. The van der Waals surface area contributed by atoms with Gasteiger partial charge in [-0.15, -0.1) is 0 Å². The van der Waals surface area contributed by atoms with Gasteiger partial charge in [-0.25, -0.2) is 14.6 Å². The Kier molecular flexibility index (Phi) is 5.21. The Balaban J connectivity index is 2.75. The number of carbonyl (C=O) groups excluding carboxylic acids is 1. The molecule has 2 atom stereocenters. The fourth-order valence-electron chi connectivity index (χ4n) is 1.37. The van der Waals surface area contributed by atoms with Crippen molar-refractivity contribution in [3.8, 4) is 5.88 Å². The van der Waals surface area contributed by atoms with Crippen LogP contribution in [0.2, 0.25) is 0 Å². The van der Waals surface area contributed by atoms with Crippen molar-refractivity contribution in [2.24, 2.45) is 0 Å². The van der Waals surface area contributed by atoms with Gasteiger partial charge in [0.05, 0.1) is 13.2 Å². The molecule has 110 valence electrons. The summed E-state index contributed by atoms with van der Waals surface area (Å²) in [6, 6.07) is -0.702. The van der Waals surface area contributed by atoms with Crippen LogP contribution in [0.25, 0.3) is 0 Å². The first kappa shape index (κ1) is 15.6. The van der Waals surface area contributed by atoms with Crippen LogP contribution in [-0.4, -0.2) is 51.4 Å². The van der Waals surface area contributed by atoms with E-state index in [2.05, 4.69) is 20.6 Å². The van der Waals surface area contributed by atoms with Crippen LogP contribution >= 0.6 is 0 Å². The maximum atomic E-state index is 11.6. The van der Waals surface area contributed by atoms with Crippen LogP contribution < -0.4 is 15.4 Å². The number of nitrogens with zero attached hydrogens (tertiary/aromatic N) is 2. The molecule has 9 nitrogen and oxygen atoms in total. The van der Waals surface area contributed by atoms with E-state index < -0.39 is 24.1 Å². The Morgan fingerprint density at radius 1 is 1.40 bits per heavy atom. The molecule has 1 aromatic heterocycles. The molecule has 0 aromatic carbocycles. The largest absolute Gasteiger partial charge is 0.481 e. The van der Waals surface area contributed by atoms with Gasteiger partial charge >= 0.3 is 12.0 Å².